The van der Waals surface area contributed by atoms with Gasteiger partial charge in [-0.3, -0.25) is 0 Å². The molecule has 0 atom stereocenters. The van der Waals surface area contributed by atoms with Crippen molar-refractivity contribution in [2.24, 2.45) is 5.73 Å². The summed E-state index contributed by atoms with van der Waals surface area (Å²) in [5.41, 5.74) is 8.82. The molecule has 0 aliphatic rings. The summed E-state index contributed by atoms with van der Waals surface area (Å²) in [5, 5.41) is 1.14. The maximum Gasteiger partial charge on any atom is 0.0598 e. The Morgan fingerprint density at radius 1 is 0.824 bits per heavy atom. The molecule has 2 aromatic rings. The van der Waals surface area contributed by atoms with Crippen LogP contribution in [0.4, 0.5) is 0 Å². The lowest BCUT2D eigenvalue weighted by Gasteiger charge is -2.04. The van der Waals surface area contributed by atoms with Gasteiger partial charge in [-0.1, -0.05) is 53.5 Å². The van der Waals surface area contributed by atoms with Gasteiger partial charge in [-0.25, -0.2) is 0 Å². The molecule has 0 amide bonds. The van der Waals surface area contributed by atoms with Crippen LogP contribution in [-0.2, 0) is 6.54 Å². The fourth-order valence-corrected chi connectivity index (χ4v) is 1.81. The smallest absolute Gasteiger partial charge is 0.0598 e. The van der Waals surface area contributed by atoms with Crippen molar-refractivity contribution in [1.29, 1.82) is 0 Å². The van der Waals surface area contributed by atoms with Crippen molar-refractivity contribution in [3.63, 3.8) is 0 Å². The predicted octanol–water partition coefficient (Wildman–Crippen LogP) is 4.54. The summed E-state index contributed by atoms with van der Waals surface area (Å²) in [6, 6.07) is 13.7. The Hall–Kier alpha value is -0.730. The molecule has 0 aliphatic heterocycles. The highest BCUT2D eigenvalue weighted by Crippen LogP contribution is 2.28. The number of nitrogens with two attached hydrogens (primary N) is 1. The molecule has 2 rings (SSSR count). The molecule has 1 nitrogen and oxygen atoms in total. The first-order chi connectivity index (χ1) is 7.70. The molecule has 90 valence electrons. The van der Waals surface area contributed by atoms with E-state index >= 15 is 0 Å². The largest absolute Gasteiger partial charge is 0.326 e. The molecule has 2 N–H and O–H groups in total. The third-order valence-corrected chi connectivity index (χ3v) is 3.18. The summed E-state index contributed by atoms with van der Waals surface area (Å²) in [7, 11) is 0. The maximum absolute atomic E-state index is 5.97. The molecule has 0 fully saturated rings. The van der Waals surface area contributed by atoms with Crippen LogP contribution < -0.4 is 5.73 Å². The highest BCUT2D eigenvalue weighted by atomic mass is 35.5. The Morgan fingerprint density at radius 2 is 1.41 bits per heavy atom. The lowest BCUT2D eigenvalue weighted by Crippen LogP contribution is -1.95. The van der Waals surface area contributed by atoms with Gasteiger partial charge < -0.3 is 5.73 Å². The molecule has 0 unspecified atom stereocenters. The van der Waals surface area contributed by atoms with Gasteiger partial charge in [0.25, 0.3) is 0 Å². The lowest BCUT2D eigenvalue weighted by atomic mass is 10.0. The first kappa shape index (κ1) is 14.3. The fraction of sp³-hybridized carbons (Fsp3) is 0.0769. The third kappa shape index (κ3) is 3.36. The summed E-state index contributed by atoms with van der Waals surface area (Å²) in [6.07, 6.45) is 0. The zero-order chi connectivity index (χ0) is 11.5. The molecule has 0 bridgehead atoms. The van der Waals surface area contributed by atoms with Gasteiger partial charge in [-0.2, -0.15) is 0 Å². The van der Waals surface area contributed by atoms with E-state index in [1.807, 2.05) is 36.4 Å². The van der Waals surface area contributed by atoms with Crippen molar-refractivity contribution in [2.75, 3.05) is 0 Å². The zero-order valence-electron chi connectivity index (χ0n) is 8.99. The van der Waals surface area contributed by atoms with Gasteiger partial charge in [0, 0.05) is 6.54 Å². The first-order valence-corrected chi connectivity index (χ1v) is 5.71. The molecule has 17 heavy (non-hydrogen) atoms. The average molecular weight is 289 g/mol. The van der Waals surface area contributed by atoms with Crippen LogP contribution in [0.25, 0.3) is 11.1 Å². The van der Waals surface area contributed by atoms with Gasteiger partial charge in [-0.15, -0.1) is 12.4 Å². The van der Waals surface area contributed by atoms with Gasteiger partial charge >= 0.3 is 0 Å². The van der Waals surface area contributed by atoms with Crippen molar-refractivity contribution in [1.82, 2.24) is 0 Å². The van der Waals surface area contributed by atoms with Crippen LogP contribution in [0, 0.1) is 0 Å². The predicted molar refractivity (Wildman–Crippen MR) is 77.0 cm³/mol. The number of halogens is 3. The first-order valence-electron chi connectivity index (χ1n) is 4.95. The van der Waals surface area contributed by atoms with Crippen LogP contribution >= 0.6 is 35.6 Å². The monoisotopic (exact) mass is 287 g/mol. The number of benzene rings is 2. The summed E-state index contributed by atoms with van der Waals surface area (Å²) in [5.74, 6) is 0. The summed E-state index contributed by atoms with van der Waals surface area (Å²) >= 11 is 11.8. The summed E-state index contributed by atoms with van der Waals surface area (Å²) in [4.78, 5) is 0. The average Bonchev–Trinajstić information content (AvgIpc) is 2.33. The second kappa shape index (κ2) is 6.27. The molecule has 0 aromatic heterocycles. The SMILES string of the molecule is Cl.NCc1ccc(-c2ccc(Cl)c(Cl)c2)cc1. The van der Waals surface area contributed by atoms with E-state index in [-0.39, 0.29) is 12.4 Å². The minimum absolute atomic E-state index is 0. The molecule has 0 spiro atoms. The van der Waals surface area contributed by atoms with E-state index in [0.29, 0.717) is 16.6 Å². The fourth-order valence-electron chi connectivity index (χ4n) is 1.51. The van der Waals surface area contributed by atoms with E-state index in [9.17, 15) is 0 Å². The molecule has 4 heteroatoms. The Bertz CT molecular complexity index is 495. The molecule has 2 aromatic carbocycles. The van der Waals surface area contributed by atoms with E-state index in [1.54, 1.807) is 6.07 Å². The van der Waals surface area contributed by atoms with Gasteiger partial charge in [-0.05, 0) is 28.8 Å². The molecule has 0 heterocycles. The molecular weight excluding hydrogens is 277 g/mol. The minimum Gasteiger partial charge on any atom is -0.326 e. The Kier molecular flexibility index (Phi) is 5.29. The van der Waals surface area contributed by atoms with Crippen LogP contribution in [0.1, 0.15) is 5.56 Å². The van der Waals surface area contributed by atoms with E-state index < -0.39 is 0 Å². The van der Waals surface area contributed by atoms with E-state index in [0.717, 1.165) is 16.7 Å². The molecule has 0 saturated heterocycles. The molecule has 0 radical (unpaired) electrons. The van der Waals surface area contributed by atoms with Crippen molar-refractivity contribution in [2.45, 2.75) is 6.54 Å². The van der Waals surface area contributed by atoms with Crippen LogP contribution in [0.5, 0.6) is 0 Å². The number of hydrogen-bond acceptors (Lipinski definition) is 1. The van der Waals surface area contributed by atoms with Crippen LogP contribution in [0.15, 0.2) is 42.5 Å². The van der Waals surface area contributed by atoms with Crippen molar-refractivity contribution in [3.05, 3.63) is 58.1 Å². The van der Waals surface area contributed by atoms with Gasteiger partial charge in [0.1, 0.15) is 0 Å². The Morgan fingerprint density at radius 3 is 1.94 bits per heavy atom. The normalized spacial score (nSPS) is 9.82. The Labute approximate surface area is 117 Å². The van der Waals surface area contributed by atoms with E-state index in [4.69, 9.17) is 28.9 Å². The van der Waals surface area contributed by atoms with Crippen molar-refractivity contribution >= 4 is 35.6 Å². The van der Waals surface area contributed by atoms with Crippen LogP contribution in [-0.4, -0.2) is 0 Å². The molecule has 0 saturated carbocycles. The third-order valence-electron chi connectivity index (χ3n) is 2.44. The summed E-state index contributed by atoms with van der Waals surface area (Å²) < 4.78 is 0. The van der Waals surface area contributed by atoms with Crippen LogP contribution in [0.2, 0.25) is 10.0 Å². The number of hydrogen-bond donors (Lipinski definition) is 1. The van der Waals surface area contributed by atoms with Crippen molar-refractivity contribution in [3.8, 4) is 11.1 Å². The Balaban J connectivity index is 0.00000144. The maximum atomic E-state index is 5.97. The molecular formula is C13H12Cl3N. The molecule has 0 aliphatic carbocycles. The quantitative estimate of drug-likeness (QED) is 0.862. The van der Waals surface area contributed by atoms with Crippen molar-refractivity contribution < 1.29 is 0 Å². The zero-order valence-corrected chi connectivity index (χ0v) is 11.3. The van der Waals surface area contributed by atoms with Crippen LogP contribution in [0.3, 0.4) is 0 Å². The lowest BCUT2D eigenvalue weighted by molar-refractivity contribution is 1.07. The van der Waals surface area contributed by atoms with Gasteiger partial charge in [0.15, 0.2) is 0 Å². The highest BCUT2D eigenvalue weighted by Gasteiger charge is 2.01. The topological polar surface area (TPSA) is 26.0 Å². The highest BCUT2D eigenvalue weighted by molar-refractivity contribution is 6.42. The van der Waals surface area contributed by atoms with Gasteiger partial charge in [0.05, 0.1) is 10.0 Å². The van der Waals surface area contributed by atoms with E-state index in [2.05, 4.69) is 0 Å². The second-order valence-corrected chi connectivity index (χ2v) is 4.34. The standard InChI is InChI=1S/C13H11Cl2N.ClH/c14-12-6-5-11(7-13(12)15)10-3-1-9(8-16)2-4-10;/h1-7H,8,16H2;1H. The van der Waals surface area contributed by atoms with Gasteiger partial charge in [0.2, 0.25) is 0 Å². The minimum atomic E-state index is 0. The second-order valence-electron chi connectivity index (χ2n) is 3.53. The number of rotatable bonds is 2. The van der Waals surface area contributed by atoms with E-state index in [1.165, 1.54) is 0 Å². The summed E-state index contributed by atoms with van der Waals surface area (Å²) in [6.45, 7) is 0.557.